The zero-order valence-corrected chi connectivity index (χ0v) is 19.1. The van der Waals surface area contributed by atoms with E-state index in [4.69, 9.17) is 4.74 Å². The van der Waals surface area contributed by atoms with Gasteiger partial charge in [-0.1, -0.05) is 30.3 Å². The average Bonchev–Trinajstić information content (AvgIpc) is 3.31. The maximum Gasteiger partial charge on any atom is 0.148 e. The Hall–Kier alpha value is -2.16. The molecule has 2 aromatic carbocycles. The first-order valence-electron chi connectivity index (χ1n) is 10.3. The molecule has 2 heterocycles. The molecule has 0 amide bonds. The Labute approximate surface area is 189 Å². The number of nitrogens with one attached hydrogen (secondary N) is 1. The molecule has 1 aliphatic rings. The molecule has 164 valence electrons. The first-order chi connectivity index (χ1) is 15.0. The summed E-state index contributed by atoms with van der Waals surface area (Å²) in [4.78, 5) is 6.40. The van der Waals surface area contributed by atoms with E-state index in [0.29, 0.717) is 17.4 Å². The largest absolute Gasteiger partial charge is 0.490 e. The molecule has 4 nitrogen and oxygen atoms in total. The highest BCUT2D eigenvalue weighted by atomic mass is 32.2. The Morgan fingerprint density at radius 2 is 1.97 bits per heavy atom. The van der Waals surface area contributed by atoms with Crippen molar-refractivity contribution in [1.29, 1.82) is 0 Å². The molecule has 0 radical (unpaired) electrons. The first-order valence-corrected chi connectivity index (χ1v) is 12.0. The summed E-state index contributed by atoms with van der Waals surface area (Å²) in [5.74, 6) is -0.385. The zero-order chi connectivity index (χ0) is 21.8. The van der Waals surface area contributed by atoms with Crippen LogP contribution < -0.4 is 9.46 Å². The molecule has 0 aliphatic carbocycles. The predicted octanol–water partition coefficient (Wildman–Crippen LogP) is 6.45. The van der Waals surface area contributed by atoms with Crippen LogP contribution in [0.5, 0.6) is 5.75 Å². The predicted molar refractivity (Wildman–Crippen MR) is 123 cm³/mol. The first kappa shape index (κ1) is 22.0. The minimum atomic E-state index is -0.638. The van der Waals surface area contributed by atoms with Crippen molar-refractivity contribution in [1.82, 2.24) is 9.88 Å². The van der Waals surface area contributed by atoms with Crippen molar-refractivity contribution in [2.45, 2.75) is 43.7 Å². The van der Waals surface area contributed by atoms with Gasteiger partial charge in [-0.05, 0) is 44.2 Å². The van der Waals surface area contributed by atoms with E-state index in [9.17, 15) is 8.78 Å². The number of aromatic nitrogens is 1. The van der Waals surface area contributed by atoms with Crippen molar-refractivity contribution in [2.24, 2.45) is 0 Å². The summed E-state index contributed by atoms with van der Waals surface area (Å²) in [5, 5.41) is 1.78. The molecule has 1 aromatic heterocycles. The number of hydrogen-bond donors (Lipinski definition) is 1. The van der Waals surface area contributed by atoms with Gasteiger partial charge in [-0.15, -0.1) is 11.3 Å². The normalized spacial score (nSPS) is 16.3. The highest BCUT2D eigenvalue weighted by Crippen LogP contribution is 2.35. The SMILES string of the molecule is Cc1c(OC2CCN(C(C)c3ccccc3)CC2)cc(F)c(SNc2cscn2)c1F. The Kier molecular flexibility index (Phi) is 7.09. The zero-order valence-electron chi connectivity index (χ0n) is 17.5. The van der Waals surface area contributed by atoms with Gasteiger partial charge in [-0.3, -0.25) is 4.90 Å². The number of nitrogens with zero attached hydrogens (tertiary/aromatic N) is 2. The molecule has 0 saturated carbocycles. The molecule has 1 saturated heterocycles. The van der Waals surface area contributed by atoms with Gasteiger partial charge in [-0.2, -0.15) is 0 Å². The second-order valence-corrected chi connectivity index (χ2v) is 9.18. The number of likely N-dealkylation sites (tertiary alicyclic amines) is 1. The summed E-state index contributed by atoms with van der Waals surface area (Å²) in [5.41, 5.74) is 3.27. The van der Waals surface area contributed by atoms with Crippen LogP contribution >= 0.6 is 23.3 Å². The number of anilines is 1. The number of benzene rings is 2. The molecule has 8 heteroatoms. The lowest BCUT2D eigenvalue weighted by Gasteiger charge is -2.36. The van der Waals surface area contributed by atoms with Crippen molar-refractivity contribution in [3.8, 4) is 5.75 Å². The van der Waals surface area contributed by atoms with Crippen LogP contribution in [0.3, 0.4) is 0 Å². The quantitative estimate of drug-likeness (QED) is 0.409. The van der Waals surface area contributed by atoms with E-state index in [-0.39, 0.29) is 16.7 Å². The molecule has 3 aromatic rings. The van der Waals surface area contributed by atoms with E-state index in [1.807, 2.05) is 6.07 Å². The summed E-state index contributed by atoms with van der Waals surface area (Å²) in [6, 6.07) is 12.1. The number of rotatable bonds is 7. The van der Waals surface area contributed by atoms with E-state index < -0.39 is 11.6 Å². The van der Waals surface area contributed by atoms with Crippen molar-refractivity contribution in [3.63, 3.8) is 0 Å². The Morgan fingerprint density at radius 3 is 2.65 bits per heavy atom. The smallest absolute Gasteiger partial charge is 0.148 e. The Balaban J connectivity index is 1.37. The minimum absolute atomic E-state index is 0.0524. The third kappa shape index (κ3) is 5.19. The van der Waals surface area contributed by atoms with Gasteiger partial charge in [0.2, 0.25) is 0 Å². The number of thiazole rings is 1. The molecule has 1 fully saturated rings. The molecule has 1 unspecified atom stereocenters. The van der Waals surface area contributed by atoms with E-state index in [1.165, 1.54) is 23.0 Å². The number of halogens is 2. The summed E-state index contributed by atoms with van der Waals surface area (Å²) in [6.07, 6.45) is 1.59. The van der Waals surface area contributed by atoms with Crippen LogP contribution in [-0.2, 0) is 0 Å². The Bertz CT molecular complexity index is 994. The molecule has 0 bridgehead atoms. The number of hydrogen-bond acceptors (Lipinski definition) is 6. The standard InChI is InChI=1S/C23H25F2N3OS2/c1-15-20(12-19(24)23(22(15)25)31-27-21-13-30-14-26-21)29-18-8-10-28(11-9-18)16(2)17-6-4-3-5-7-17/h3-7,12-14,16,18,27H,8-11H2,1-2H3. The van der Waals surface area contributed by atoms with Gasteiger partial charge in [0.25, 0.3) is 0 Å². The van der Waals surface area contributed by atoms with E-state index in [2.05, 4.69) is 45.8 Å². The molecular weight excluding hydrogens is 436 g/mol. The van der Waals surface area contributed by atoms with Crippen molar-refractivity contribution >= 4 is 29.1 Å². The molecule has 31 heavy (non-hydrogen) atoms. The molecule has 0 spiro atoms. The van der Waals surface area contributed by atoms with E-state index >= 15 is 0 Å². The van der Waals surface area contributed by atoms with Crippen LogP contribution in [0.1, 0.15) is 36.9 Å². The lowest BCUT2D eigenvalue weighted by atomic mass is 10.0. The molecule has 1 aliphatic heterocycles. The van der Waals surface area contributed by atoms with Gasteiger partial charge in [0, 0.05) is 36.1 Å². The second-order valence-electron chi connectivity index (χ2n) is 7.64. The van der Waals surface area contributed by atoms with Crippen LogP contribution in [0.25, 0.3) is 0 Å². The summed E-state index contributed by atoms with van der Waals surface area (Å²) >= 11 is 2.29. The van der Waals surface area contributed by atoms with Crippen molar-refractivity contribution < 1.29 is 13.5 Å². The minimum Gasteiger partial charge on any atom is -0.490 e. The van der Waals surface area contributed by atoms with Crippen LogP contribution in [0, 0.1) is 18.6 Å². The fourth-order valence-electron chi connectivity index (χ4n) is 3.76. The van der Waals surface area contributed by atoms with Crippen molar-refractivity contribution in [2.75, 3.05) is 17.8 Å². The highest BCUT2D eigenvalue weighted by Gasteiger charge is 2.26. The monoisotopic (exact) mass is 461 g/mol. The maximum absolute atomic E-state index is 14.9. The molecule has 4 rings (SSSR count). The van der Waals surface area contributed by atoms with Gasteiger partial charge in [0.1, 0.15) is 34.2 Å². The highest BCUT2D eigenvalue weighted by molar-refractivity contribution is 8.00. The molecule has 1 atom stereocenters. The van der Waals surface area contributed by atoms with Gasteiger partial charge >= 0.3 is 0 Å². The van der Waals surface area contributed by atoms with E-state index in [0.717, 1.165) is 37.9 Å². The maximum atomic E-state index is 14.9. The topological polar surface area (TPSA) is 37.4 Å². The van der Waals surface area contributed by atoms with Crippen molar-refractivity contribution in [3.05, 3.63) is 70.1 Å². The average molecular weight is 462 g/mol. The summed E-state index contributed by atoms with van der Waals surface area (Å²) in [6.45, 7) is 5.61. The fourth-order valence-corrected chi connectivity index (χ4v) is 5.03. The van der Waals surface area contributed by atoms with Gasteiger partial charge < -0.3 is 9.46 Å². The van der Waals surface area contributed by atoms with E-state index in [1.54, 1.807) is 17.8 Å². The fraction of sp³-hybridized carbons (Fsp3) is 0.348. The van der Waals surface area contributed by atoms with Gasteiger partial charge in [0.15, 0.2) is 0 Å². The van der Waals surface area contributed by atoms with Gasteiger partial charge in [0.05, 0.1) is 5.51 Å². The van der Waals surface area contributed by atoms with Gasteiger partial charge in [-0.25, -0.2) is 13.8 Å². The van der Waals surface area contributed by atoms with Crippen LogP contribution in [0.4, 0.5) is 14.6 Å². The summed E-state index contributed by atoms with van der Waals surface area (Å²) < 4.78 is 38.4. The third-order valence-electron chi connectivity index (χ3n) is 5.66. The second kappa shape index (κ2) is 9.97. The lowest BCUT2D eigenvalue weighted by Crippen LogP contribution is -2.39. The third-order valence-corrected chi connectivity index (χ3v) is 7.14. The molecule has 1 N–H and O–H groups in total. The van der Waals surface area contributed by atoms with Crippen LogP contribution in [-0.4, -0.2) is 29.1 Å². The number of ether oxygens (including phenoxy) is 1. The van der Waals surface area contributed by atoms with Crippen LogP contribution in [0.15, 0.2) is 52.2 Å². The van der Waals surface area contributed by atoms with Crippen LogP contribution in [0.2, 0.25) is 0 Å². The number of piperidine rings is 1. The summed E-state index contributed by atoms with van der Waals surface area (Å²) in [7, 11) is 0. The lowest BCUT2D eigenvalue weighted by molar-refractivity contribution is 0.0787. The Morgan fingerprint density at radius 1 is 1.23 bits per heavy atom. The molecular formula is C23H25F2N3OS2.